The highest BCUT2D eigenvalue weighted by Crippen LogP contribution is 2.34. The molecule has 0 radical (unpaired) electrons. The van der Waals surface area contributed by atoms with E-state index in [2.05, 4.69) is 152 Å². The first-order chi connectivity index (χ1) is 21.8. The molecule has 0 amide bonds. The lowest BCUT2D eigenvalue weighted by molar-refractivity contribution is 0.603. The summed E-state index contributed by atoms with van der Waals surface area (Å²) >= 11 is 0. The number of furan rings is 1. The van der Waals surface area contributed by atoms with Crippen LogP contribution in [0, 0.1) is 0 Å². The fourth-order valence-corrected chi connectivity index (χ4v) is 5.30. The SMILES string of the molecule is C/C=C/C(=C\C=C/c1cccc(C2=C\c3oc4ccc(-c5ccccc5)cc4c3\C=C/C=C/C=C\C=C/2)c1)c1ccccc1. The van der Waals surface area contributed by atoms with Crippen molar-refractivity contribution in [2.75, 3.05) is 0 Å². The molecular formula is C43H34O. The fourth-order valence-electron chi connectivity index (χ4n) is 5.30. The highest BCUT2D eigenvalue weighted by Gasteiger charge is 2.13. The Kier molecular flexibility index (Phi) is 9.06. The van der Waals surface area contributed by atoms with E-state index in [-0.39, 0.29) is 0 Å². The van der Waals surface area contributed by atoms with E-state index in [1.54, 1.807) is 0 Å². The van der Waals surface area contributed by atoms with Gasteiger partial charge in [0.2, 0.25) is 0 Å². The molecule has 4 aromatic carbocycles. The lowest BCUT2D eigenvalue weighted by Gasteiger charge is -2.05. The summed E-state index contributed by atoms with van der Waals surface area (Å²) in [6.07, 6.45) is 29.4. The Morgan fingerprint density at radius 1 is 0.636 bits per heavy atom. The van der Waals surface area contributed by atoms with E-state index in [4.69, 9.17) is 4.42 Å². The van der Waals surface area contributed by atoms with Crippen LogP contribution in [-0.2, 0) is 0 Å². The van der Waals surface area contributed by atoms with E-state index >= 15 is 0 Å². The minimum atomic E-state index is 0.835. The van der Waals surface area contributed by atoms with Gasteiger partial charge in [-0.25, -0.2) is 0 Å². The van der Waals surface area contributed by atoms with Gasteiger partial charge in [-0.15, -0.1) is 0 Å². The molecule has 212 valence electrons. The summed E-state index contributed by atoms with van der Waals surface area (Å²) in [6, 6.07) is 36.0. The van der Waals surface area contributed by atoms with E-state index in [1.165, 1.54) is 22.3 Å². The third kappa shape index (κ3) is 6.86. The lowest BCUT2D eigenvalue weighted by Crippen LogP contribution is -1.85. The average Bonchev–Trinajstić information content (AvgIpc) is 3.41. The van der Waals surface area contributed by atoms with Gasteiger partial charge in [0.15, 0.2) is 0 Å². The fraction of sp³-hybridized carbons (Fsp3) is 0.0233. The molecule has 0 bridgehead atoms. The second kappa shape index (κ2) is 14.0. The number of benzene rings is 4. The van der Waals surface area contributed by atoms with Crippen LogP contribution in [0.25, 0.3) is 51.5 Å². The van der Waals surface area contributed by atoms with E-state index in [0.717, 1.165) is 39.0 Å². The molecule has 0 saturated carbocycles. The van der Waals surface area contributed by atoms with Crippen molar-refractivity contribution >= 4 is 40.3 Å². The van der Waals surface area contributed by atoms with Crippen molar-refractivity contribution in [2.24, 2.45) is 0 Å². The second-order valence-electron chi connectivity index (χ2n) is 10.5. The molecule has 1 heteroatoms. The van der Waals surface area contributed by atoms with Crippen molar-refractivity contribution in [2.45, 2.75) is 6.92 Å². The number of rotatable bonds is 6. The van der Waals surface area contributed by atoms with Gasteiger partial charge in [0.25, 0.3) is 0 Å². The van der Waals surface area contributed by atoms with Crippen LogP contribution < -0.4 is 0 Å². The zero-order valence-corrected chi connectivity index (χ0v) is 24.8. The Morgan fingerprint density at radius 3 is 2.16 bits per heavy atom. The highest BCUT2D eigenvalue weighted by molar-refractivity contribution is 5.97. The highest BCUT2D eigenvalue weighted by atomic mass is 16.3. The first kappa shape index (κ1) is 28.5. The zero-order valence-electron chi connectivity index (χ0n) is 24.8. The van der Waals surface area contributed by atoms with E-state index < -0.39 is 0 Å². The standard InChI is InChI=1S/C43H34O/c1-2-17-34(35-20-10-7-11-21-35)25-15-18-33-19-16-26-37(30-33)38-24-9-5-3-4-6-14-27-40-41-31-39(36-22-12-8-13-23-36)28-29-42(41)44-43(40)32-38/h2-32H,1H3/b4-3?,5-3-,6-4+,9-5?,14-6?,17-2+,18-15-,24-9-,27-14-,34-25+,38-24?,38-32+,40-27?,43-32?. The summed E-state index contributed by atoms with van der Waals surface area (Å²) in [6.45, 7) is 2.05. The Labute approximate surface area is 260 Å². The van der Waals surface area contributed by atoms with Crippen molar-refractivity contribution in [1.29, 1.82) is 0 Å². The second-order valence-corrected chi connectivity index (χ2v) is 10.5. The molecule has 0 unspecified atom stereocenters. The van der Waals surface area contributed by atoms with Gasteiger partial charge in [0, 0.05) is 10.9 Å². The van der Waals surface area contributed by atoms with E-state index in [0.29, 0.717) is 0 Å². The van der Waals surface area contributed by atoms with Gasteiger partial charge in [-0.05, 0) is 70.2 Å². The van der Waals surface area contributed by atoms with Gasteiger partial charge in [-0.3, -0.25) is 0 Å². The molecule has 0 spiro atoms. The van der Waals surface area contributed by atoms with Crippen LogP contribution >= 0.6 is 0 Å². The summed E-state index contributed by atoms with van der Waals surface area (Å²) in [5.74, 6) is 0.835. The predicted octanol–water partition coefficient (Wildman–Crippen LogP) is 12.0. The molecule has 0 saturated heterocycles. The third-order valence-electron chi connectivity index (χ3n) is 7.48. The van der Waals surface area contributed by atoms with Crippen molar-refractivity contribution in [3.63, 3.8) is 0 Å². The van der Waals surface area contributed by atoms with E-state index in [9.17, 15) is 0 Å². The van der Waals surface area contributed by atoms with Crippen LogP contribution in [-0.4, -0.2) is 0 Å². The summed E-state index contributed by atoms with van der Waals surface area (Å²) in [5.41, 5.74) is 9.98. The van der Waals surface area contributed by atoms with Crippen LogP contribution in [0.5, 0.6) is 0 Å². The van der Waals surface area contributed by atoms with Crippen LogP contribution in [0.4, 0.5) is 0 Å². The average molecular weight is 567 g/mol. The molecule has 1 aromatic heterocycles. The summed E-state index contributed by atoms with van der Waals surface area (Å²) in [5, 5.41) is 1.09. The Balaban J connectivity index is 1.39. The minimum Gasteiger partial charge on any atom is -0.456 e. The maximum absolute atomic E-state index is 6.49. The van der Waals surface area contributed by atoms with Gasteiger partial charge >= 0.3 is 0 Å². The van der Waals surface area contributed by atoms with Crippen molar-refractivity contribution in [1.82, 2.24) is 0 Å². The topological polar surface area (TPSA) is 13.1 Å². The van der Waals surface area contributed by atoms with Crippen LogP contribution in [0.15, 0.2) is 174 Å². The molecule has 0 aliphatic heterocycles. The molecule has 6 rings (SSSR count). The molecule has 1 aliphatic rings. The Bertz CT molecular complexity index is 1980. The van der Waals surface area contributed by atoms with Crippen LogP contribution in [0.2, 0.25) is 0 Å². The monoisotopic (exact) mass is 566 g/mol. The number of hydrogen-bond donors (Lipinski definition) is 0. The molecule has 0 fully saturated rings. The molecule has 0 N–H and O–H groups in total. The first-order valence-electron chi connectivity index (χ1n) is 15.0. The van der Waals surface area contributed by atoms with Crippen molar-refractivity contribution in [3.05, 3.63) is 198 Å². The Morgan fingerprint density at radius 2 is 1.36 bits per heavy atom. The molecule has 0 atom stereocenters. The molecule has 44 heavy (non-hydrogen) atoms. The van der Waals surface area contributed by atoms with E-state index in [1.807, 2.05) is 43.4 Å². The maximum atomic E-state index is 6.49. The molecule has 5 aromatic rings. The van der Waals surface area contributed by atoms with Gasteiger partial charge in [-0.2, -0.15) is 0 Å². The largest absolute Gasteiger partial charge is 0.456 e. The summed E-state index contributed by atoms with van der Waals surface area (Å²) in [4.78, 5) is 0. The minimum absolute atomic E-state index is 0.835. The number of hydrogen-bond acceptors (Lipinski definition) is 1. The van der Waals surface area contributed by atoms with Crippen LogP contribution in [0.3, 0.4) is 0 Å². The smallest absolute Gasteiger partial charge is 0.136 e. The molecule has 1 heterocycles. The maximum Gasteiger partial charge on any atom is 0.136 e. The molecule has 1 nitrogen and oxygen atoms in total. The first-order valence-corrected chi connectivity index (χ1v) is 15.0. The third-order valence-corrected chi connectivity index (χ3v) is 7.48. The predicted molar refractivity (Wildman–Crippen MR) is 191 cm³/mol. The molecular weight excluding hydrogens is 532 g/mol. The number of allylic oxidation sites excluding steroid dienone is 13. The van der Waals surface area contributed by atoms with Crippen LogP contribution in [0.1, 0.15) is 34.9 Å². The van der Waals surface area contributed by atoms with Gasteiger partial charge in [-0.1, -0.05) is 164 Å². The summed E-state index contributed by atoms with van der Waals surface area (Å²) in [7, 11) is 0. The molecule has 1 aliphatic carbocycles. The lowest BCUT2D eigenvalue weighted by atomic mass is 9.98. The normalized spacial score (nSPS) is 17.8. The van der Waals surface area contributed by atoms with Crippen molar-refractivity contribution < 1.29 is 4.42 Å². The quantitative estimate of drug-likeness (QED) is 0.186. The van der Waals surface area contributed by atoms with Gasteiger partial charge in [0.1, 0.15) is 11.3 Å². The van der Waals surface area contributed by atoms with Gasteiger partial charge < -0.3 is 4.42 Å². The number of fused-ring (bicyclic) bond motifs is 3. The van der Waals surface area contributed by atoms with Gasteiger partial charge in [0.05, 0.1) is 0 Å². The Hall–Kier alpha value is -5.66. The summed E-state index contributed by atoms with van der Waals surface area (Å²) < 4.78 is 6.49. The zero-order chi connectivity index (χ0) is 30.0. The van der Waals surface area contributed by atoms with Crippen molar-refractivity contribution in [3.8, 4) is 11.1 Å².